The molecule has 1 saturated heterocycles. The molecular formula is C13H14N2O3. The Morgan fingerprint density at radius 1 is 1.33 bits per heavy atom. The number of rotatable bonds is 0. The van der Waals surface area contributed by atoms with Gasteiger partial charge in [0, 0.05) is 13.1 Å². The summed E-state index contributed by atoms with van der Waals surface area (Å²) >= 11 is 0. The van der Waals surface area contributed by atoms with Crippen LogP contribution in [0.3, 0.4) is 0 Å². The maximum atomic E-state index is 12.4. The molecule has 2 aliphatic heterocycles. The van der Waals surface area contributed by atoms with Gasteiger partial charge in [-0.1, -0.05) is 12.1 Å². The zero-order valence-corrected chi connectivity index (χ0v) is 9.87. The van der Waals surface area contributed by atoms with E-state index >= 15 is 0 Å². The number of amides is 2. The van der Waals surface area contributed by atoms with Gasteiger partial charge in [-0.2, -0.15) is 0 Å². The van der Waals surface area contributed by atoms with Crippen LogP contribution in [0, 0.1) is 0 Å². The zero-order valence-electron chi connectivity index (χ0n) is 9.87. The van der Waals surface area contributed by atoms with Gasteiger partial charge in [0.2, 0.25) is 0 Å². The van der Waals surface area contributed by atoms with E-state index in [1.807, 2.05) is 4.90 Å². The Kier molecular flexibility index (Phi) is 2.47. The van der Waals surface area contributed by atoms with Crippen molar-refractivity contribution in [1.82, 2.24) is 4.90 Å². The van der Waals surface area contributed by atoms with Gasteiger partial charge in [0.05, 0.1) is 17.3 Å². The lowest BCUT2D eigenvalue weighted by atomic mass is 10.1. The lowest BCUT2D eigenvalue weighted by molar-refractivity contribution is 0.0748. The predicted octanol–water partition coefficient (Wildman–Crippen LogP) is 1.79. The maximum Gasteiger partial charge on any atom is 0.411 e. The van der Waals surface area contributed by atoms with Crippen LogP contribution in [0.4, 0.5) is 10.5 Å². The number of carboxylic acid groups (broad SMARTS) is 1. The second-order valence-corrected chi connectivity index (χ2v) is 4.70. The van der Waals surface area contributed by atoms with Crippen LogP contribution < -0.4 is 4.90 Å². The first-order valence-electron chi connectivity index (χ1n) is 6.09. The number of carbonyl (C=O) groups excluding carboxylic acids is 1. The molecule has 18 heavy (non-hydrogen) atoms. The van der Waals surface area contributed by atoms with Crippen LogP contribution >= 0.6 is 0 Å². The molecule has 5 nitrogen and oxygen atoms in total. The van der Waals surface area contributed by atoms with Crippen molar-refractivity contribution >= 4 is 17.7 Å². The molecule has 0 aromatic heterocycles. The van der Waals surface area contributed by atoms with Gasteiger partial charge in [-0.25, -0.2) is 4.79 Å². The highest BCUT2D eigenvalue weighted by molar-refractivity contribution is 6.04. The molecule has 3 rings (SSSR count). The number of nitrogens with zero attached hydrogens (tertiary/aromatic N) is 2. The van der Waals surface area contributed by atoms with Crippen molar-refractivity contribution < 1.29 is 14.7 Å². The Morgan fingerprint density at radius 2 is 2.11 bits per heavy atom. The smallest absolute Gasteiger partial charge is 0.411 e. The van der Waals surface area contributed by atoms with Gasteiger partial charge in [0.1, 0.15) is 0 Å². The summed E-state index contributed by atoms with van der Waals surface area (Å²) in [6.07, 6.45) is 0.833. The van der Waals surface area contributed by atoms with E-state index in [0.717, 1.165) is 19.4 Å². The fourth-order valence-corrected chi connectivity index (χ4v) is 2.83. The third kappa shape index (κ3) is 1.54. The van der Waals surface area contributed by atoms with Crippen LogP contribution in [0.2, 0.25) is 0 Å². The topological polar surface area (TPSA) is 60.9 Å². The third-order valence-electron chi connectivity index (χ3n) is 3.69. The first kappa shape index (κ1) is 11.1. The molecule has 94 valence electrons. The first-order chi connectivity index (χ1) is 8.68. The number of hydrogen-bond donors (Lipinski definition) is 1. The Balaban J connectivity index is 2.12. The number of benzene rings is 1. The SMILES string of the molecule is O=C(O)N1CC2CCCN2C(=O)c2ccccc21. The van der Waals surface area contributed by atoms with Gasteiger partial charge in [0.15, 0.2) is 0 Å². The van der Waals surface area contributed by atoms with Crippen molar-refractivity contribution in [1.29, 1.82) is 0 Å². The summed E-state index contributed by atoms with van der Waals surface area (Å²) in [5.41, 5.74) is 0.994. The summed E-state index contributed by atoms with van der Waals surface area (Å²) in [7, 11) is 0. The molecule has 1 N–H and O–H groups in total. The van der Waals surface area contributed by atoms with Gasteiger partial charge in [0.25, 0.3) is 5.91 Å². The van der Waals surface area contributed by atoms with Crippen LogP contribution in [-0.4, -0.2) is 41.1 Å². The molecule has 1 unspecified atom stereocenters. The summed E-state index contributed by atoms with van der Waals surface area (Å²) in [6.45, 7) is 1.10. The van der Waals surface area contributed by atoms with Crippen molar-refractivity contribution in [3.63, 3.8) is 0 Å². The average Bonchev–Trinajstić information content (AvgIpc) is 2.79. The highest BCUT2D eigenvalue weighted by atomic mass is 16.4. The lowest BCUT2D eigenvalue weighted by Crippen LogP contribution is -2.41. The van der Waals surface area contributed by atoms with Crippen molar-refractivity contribution in [3.05, 3.63) is 29.8 Å². The van der Waals surface area contributed by atoms with Crippen molar-refractivity contribution in [2.24, 2.45) is 0 Å². The van der Waals surface area contributed by atoms with E-state index < -0.39 is 6.09 Å². The number of para-hydroxylation sites is 1. The van der Waals surface area contributed by atoms with Gasteiger partial charge in [-0.05, 0) is 25.0 Å². The number of hydrogen-bond acceptors (Lipinski definition) is 2. The molecule has 1 atom stereocenters. The minimum Gasteiger partial charge on any atom is -0.465 e. The molecule has 0 aliphatic carbocycles. The summed E-state index contributed by atoms with van der Waals surface area (Å²) in [4.78, 5) is 26.9. The minimum absolute atomic E-state index is 0.0148. The largest absolute Gasteiger partial charge is 0.465 e. The minimum atomic E-state index is -0.996. The quantitative estimate of drug-likeness (QED) is 0.759. The summed E-state index contributed by atoms with van der Waals surface area (Å²) in [5.74, 6) is -0.0446. The van der Waals surface area contributed by atoms with Crippen LogP contribution in [0.25, 0.3) is 0 Å². The highest BCUT2D eigenvalue weighted by Crippen LogP contribution is 2.31. The zero-order chi connectivity index (χ0) is 12.7. The van der Waals surface area contributed by atoms with Gasteiger partial charge in [-0.15, -0.1) is 0 Å². The Bertz CT molecular complexity index is 515. The number of carbonyl (C=O) groups is 2. The Labute approximate surface area is 105 Å². The monoisotopic (exact) mass is 246 g/mol. The average molecular weight is 246 g/mol. The second kappa shape index (κ2) is 4.01. The third-order valence-corrected chi connectivity index (χ3v) is 3.69. The van der Waals surface area contributed by atoms with E-state index in [4.69, 9.17) is 0 Å². The summed E-state index contributed by atoms with van der Waals surface area (Å²) in [5, 5.41) is 9.31. The van der Waals surface area contributed by atoms with E-state index in [2.05, 4.69) is 0 Å². The van der Waals surface area contributed by atoms with Crippen molar-refractivity contribution in [3.8, 4) is 0 Å². The summed E-state index contributed by atoms with van der Waals surface area (Å²) < 4.78 is 0. The van der Waals surface area contributed by atoms with Crippen molar-refractivity contribution in [2.45, 2.75) is 18.9 Å². The molecule has 0 saturated carbocycles. The predicted molar refractivity (Wildman–Crippen MR) is 65.9 cm³/mol. The van der Waals surface area contributed by atoms with Crippen LogP contribution in [0.15, 0.2) is 24.3 Å². The number of fused-ring (bicyclic) bond motifs is 2. The van der Waals surface area contributed by atoms with E-state index in [1.165, 1.54) is 4.90 Å². The number of anilines is 1. The van der Waals surface area contributed by atoms with Gasteiger partial charge in [-0.3, -0.25) is 9.69 Å². The first-order valence-corrected chi connectivity index (χ1v) is 6.09. The molecule has 1 aromatic rings. The van der Waals surface area contributed by atoms with E-state index in [9.17, 15) is 14.7 Å². The van der Waals surface area contributed by atoms with Crippen LogP contribution in [0.1, 0.15) is 23.2 Å². The molecule has 2 amide bonds. The normalized spacial score (nSPS) is 22.4. The molecular weight excluding hydrogens is 232 g/mol. The second-order valence-electron chi connectivity index (χ2n) is 4.70. The molecule has 2 heterocycles. The maximum absolute atomic E-state index is 12.4. The molecule has 0 radical (unpaired) electrons. The van der Waals surface area contributed by atoms with E-state index in [0.29, 0.717) is 17.8 Å². The molecule has 1 aromatic carbocycles. The Morgan fingerprint density at radius 3 is 2.89 bits per heavy atom. The van der Waals surface area contributed by atoms with E-state index in [1.54, 1.807) is 24.3 Å². The molecule has 0 bridgehead atoms. The highest BCUT2D eigenvalue weighted by Gasteiger charge is 2.37. The molecule has 5 heteroatoms. The fourth-order valence-electron chi connectivity index (χ4n) is 2.83. The standard InChI is InChI=1S/C13H14N2O3/c16-12-10-5-1-2-6-11(10)15(13(17)18)8-9-4-3-7-14(9)12/h1-2,5-6,9H,3-4,7-8H2,(H,17,18). The van der Waals surface area contributed by atoms with Gasteiger partial charge < -0.3 is 10.0 Å². The van der Waals surface area contributed by atoms with Crippen LogP contribution in [-0.2, 0) is 0 Å². The lowest BCUT2D eigenvalue weighted by Gasteiger charge is -2.24. The molecule has 0 spiro atoms. The van der Waals surface area contributed by atoms with Gasteiger partial charge >= 0.3 is 6.09 Å². The Hall–Kier alpha value is -2.04. The van der Waals surface area contributed by atoms with Crippen LogP contribution in [0.5, 0.6) is 0 Å². The van der Waals surface area contributed by atoms with Crippen molar-refractivity contribution in [2.75, 3.05) is 18.0 Å². The fraction of sp³-hybridized carbons (Fsp3) is 0.385. The molecule has 1 fully saturated rings. The summed E-state index contributed by atoms with van der Waals surface area (Å²) in [6, 6.07) is 6.95. The van der Waals surface area contributed by atoms with E-state index in [-0.39, 0.29) is 11.9 Å². The molecule has 2 aliphatic rings.